The molecule has 1 aromatic carbocycles. The van der Waals surface area contributed by atoms with E-state index in [4.69, 9.17) is 5.73 Å². The van der Waals surface area contributed by atoms with Crippen LogP contribution in [-0.4, -0.2) is 25.2 Å². The van der Waals surface area contributed by atoms with Crippen LogP contribution in [0, 0.1) is 0 Å². The van der Waals surface area contributed by atoms with E-state index in [2.05, 4.69) is 10.3 Å². The second kappa shape index (κ2) is 4.24. The Balaban J connectivity index is 1.94. The third-order valence-corrected chi connectivity index (χ3v) is 4.49. The fourth-order valence-corrected chi connectivity index (χ4v) is 3.40. The second-order valence-corrected chi connectivity index (χ2v) is 6.44. The van der Waals surface area contributed by atoms with E-state index < -0.39 is 9.84 Å². The third-order valence-electron chi connectivity index (χ3n) is 3.10. The van der Waals surface area contributed by atoms with Crippen LogP contribution in [0.3, 0.4) is 0 Å². The zero-order valence-corrected chi connectivity index (χ0v) is 10.9. The lowest BCUT2D eigenvalue weighted by molar-refractivity contribution is 0.605. The number of pyridine rings is 1. The Labute approximate surface area is 111 Å². The molecular weight excluding hydrogens is 262 g/mol. The van der Waals surface area contributed by atoms with Crippen LogP contribution in [0.5, 0.6) is 0 Å². The Kier molecular flexibility index (Phi) is 2.67. The first-order chi connectivity index (χ1) is 9.05. The molecule has 6 heteroatoms. The Hall–Kier alpha value is -2.08. The lowest BCUT2D eigenvalue weighted by Gasteiger charge is -2.15. The van der Waals surface area contributed by atoms with Crippen LogP contribution in [0.4, 0.5) is 11.4 Å². The SMILES string of the molecule is Nc1c(NC2C=CS(=O)(=O)C2)ccc2ncccc12. The molecule has 1 atom stereocenters. The zero-order valence-electron chi connectivity index (χ0n) is 10.1. The molecular formula is C13H13N3O2S. The van der Waals surface area contributed by atoms with Crippen molar-refractivity contribution in [3.05, 3.63) is 41.9 Å². The van der Waals surface area contributed by atoms with E-state index in [0.717, 1.165) is 16.6 Å². The molecule has 1 aliphatic rings. The first-order valence-electron chi connectivity index (χ1n) is 5.86. The number of sulfone groups is 1. The molecule has 0 saturated heterocycles. The highest BCUT2D eigenvalue weighted by Gasteiger charge is 2.22. The normalized spacial score (nSPS) is 20.7. The van der Waals surface area contributed by atoms with Gasteiger partial charge in [-0.2, -0.15) is 0 Å². The fraction of sp³-hybridized carbons (Fsp3) is 0.154. The molecule has 2 heterocycles. The topological polar surface area (TPSA) is 85.1 Å². The summed E-state index contributed by atoms with van der Waals surface area (Å²) in [7, 11) is -3.07. The number of aromatic nitrogens is 1. The average Bonchev–Trinajstić information content (AvgIpc) is 2.73. The molecule has 3 N–H and O–H groups in total. The van der Waals surface area contributed by atoms with E-state index in [1.54, 1.807) is 12.3 Å². The number of nitrogens with one attached hydrogen (secondary N) is 1. The number of benzene rings is 1. The summed E-state index contributed by atoms with van der Waals surface area (Å²) in [4.78, 5) is 4.22. The van der Waals surface area contributed by atoms with Gasteiger partial charge in [0.05, 0.1) is 28.7 Å². The molecule has 0 amide bonds. The van der Waals surface area contributed by atoms with Gasteiger partial charge in [0.25, 0.3) is 0 Å². The van der Waals surface area contributed by atoms with Crippen molar-refractivity contribution >= 4 is 32.1 Å². The monoisotopic (exact) mass is 275 g/mol. The average molecular weight is 275 g/mol. The van der Waals surface area contributed by atoms with Crippen molar-refractivity contribution in [1.29, 1.82) is 0 Å². The smallest absolute Gasteiger partial charge is 0.173 e. The van der Waals surface area contributed by atoms with E-state index in [1.165, 1.54) is 5.41 Å². The van der Waals surface area contributed by atoms with Crippen molar-refractivity contribution in [2.75, 3.05) is 16.8 Å². The Morgan fingerprint density at radius 1 is 1.32 bits per heavy atom. The van der Waals surface area contributed by atoms with Gasteiger partial charge in [-0.3, -0.25) is 4.98 Å². The predicted molar refractivity (Wildman–Crippen MR) is 76.5 cm³/mol. The largest absolute Gasteiger partial charge is 0.397 e. The summed E-state index contributed by atoms with van der Waals surface area (Å²) in [6.45, 7) is 0. The predicted octanol–water partition coefficient (Wildman–Crippen LogP) is 1.54. The maximum atomic E-state index is 11.4. The van der Waals surface area contributed by atoms with Gasteiger partial charge in [-0.05, 0) is 24.3 Å². The highest BCUT2D eigenvalue weighted by atomic mass is 32.2. The van der Waals surface area contributed by atoms with Gasteiger partial charge in [0.15, 0.2) is 9.84 Å². The van der Waals surface area contributed by atoms with E-state index in [-0.39, 0.29) is 11.8 Å². The number of anilines is 2. The molecule has 1 aromatic heterocycles. The lowest BCUT2D eigenvalue weighted by atomic mass is 10.1. The highest BCUT2D eigenvalue weighted by molar-refractivity contribution is 7.94. The van der Waals surface area contributed by atoms with Crippen molar-refractivity contribution in [3.63, 3.8) is 0 Å². The van der Waals surface area contributed by atoms with Gasteiger partial charge in [-0.15, -0.1) is 0 Å². The number of hydrogen-bond donors (Lipinski definition) is 2. The Bertz CT molecular complexity index is 769. The molecule has 0 saturated carbocycles. The number of nitrogens with zero attached hydrogens (tertiary/aromatic N) is 1. The number of fused-ring (bicyclic) bond motifs is 1. The molecule has 0 bridgehead atoms. The van der Waals surface area contributed by atoms with Crippen molar-refractivity contribution in [3.8, 4) is 0 Å². The van der Waals surface area contributed by atoms with E-state index in [0.29, 0.717) is 5.69 Å². The van der Waals surface area contributed by atoms with Gasteiger partial charge >= 0.3 is 0 Å². The summed E-state index contributed by atoms with van der Waals surface area (Å²) in [6.07, 6.45) is 3.35. The third kappa shape index (κ3) is 2.26. The minimum absolute atomic E-state index is 0.0670. The number of nitrogen functional groups attached to an aromatic ring is 1. The van der Waals surface area contributed by atoms with Crippen LogP contribution in [0.1, 0.15) is 0 Å². The van der Waals surface area contributed by atoms with Crippen LogP contribution >= 0.6 is 0 Å². The molecule has 19 heavy (non-hydrogen) atoms. The van der Waals surface area contributed by atoms with Gasteiger partial charge in [0.2, 0.25) is 0 Å². The molecule has 3 rings (SSSR count). The molecule has 0 aliphatic carbocycles. The van der Waals surface area contributed by atoms with Crippen LogP contribution < -0.4 is 11.1 Å². The Morgan fingerprint density at radius 2 is 2.16 bits per heavy atom. The summed E-state index contributed by atoms with van der Waals surface area (Å²) in [6, 6.07) is 7.17. The molecule has 1 unspecified atom stereocenters. The van der Waals surface area contributed by atoms with Crippen molar-refractivity contribution in [2.45, 2.75) is 6.04 Å². The summed E-state index contributed by atoms with van der Waals surface area (Å²) >= 11 is 0. The number of rotatable bonds is 2. The van der Waals surface area contributed by atoms with E-state index in [9.17, 15) is 8.42 Å². The molecule has 2 aromatic rings. The van der Waals surface area contributed by atoms with Crippen LogP contribution in [0.2, 0.25) is 0 Å². The summed E-state index contributed by atoms with van der Waals surface area (Å²) in [5.41, 5.74) is 8.22. The second-order valence-electron chi connectivity index (χ2n) is 4.51. The maximum Gasteiger partial charge on any atom is 0.173 e. The minimum Gasteiger partial charge on any atom is -0.397 e. The Morgan fingerprint density at radius 3 is 2.89 bits per heavy atom. The zero-order chi connectivity index (χ0) is 13.5. The number of nitrogens with two attached hydrogens (primary N) is 1. The molecule has 0 radical (unpaired) electrons. The first kappa shape index (κ1) is 12.0. The standard InChI is InChI=1S/C13H13N3O2S/c14-13-10-2-1-6-15-11(10)3-4-12(13)16-9-5-7-19(17,18)8-9/h1-7,9,16H,8,14H2. The molecule has 0 spiro atoms. The summed E-state index contributed by atoms with van der Waals surface area (Å²) < 4.78 is 22.7. The van der Waals surface area contributed by atoms with Gasteiger partial charge in [-0.25, -0.2) is 8.42 Å². The molecule has 98 valence electrons. The van der Waals surface area contributed by atoms with Crippen molar-refractivity contribution in [1.82, 2.24) is 4.98 Å². The van der Waals surface area contributed by atoms with E-state index >= 15 is 0 Å². The van der Waals surface area contributed by atoms with Crippen LogP contribution in [0.25, 0.3) is 10.9 Å². The van der Waals surface area contributed by atoms with Gasteiger partial charge in [0, 0.05) is 17.0 Å². The molecule has 5 nitrogen and oxygen atoms in total. The summed E-state index contributed by atoms with van der Waals surface area (Å²) in [5.74, 6) is 0.0670. The van der Waals surface area contributed by atoms with Gasteiger partial charge in [-0.1, -0.05) is 6.08 Å². The summed E-state index contributed by atoms with van der Waals surface area (Å²) in [5, 5.41) is 5.24. The fourth-order valence-electron chi connectivity index (χ4n) is 2.17. The molecule has 0 fully saturated rings. The lowest BCUT2D eigenvalue weighted by Crippen LogP contribution is -2.21. The quantitative estimate of drug-likeness (QED) is 0.812. The molecule has 1 aliphatic heterocycles. The number of hydrogen-bond acceptors (Lipinski definition) is 5. The van der Waals surface area contributed by atoms with Crippen molar-refractivity contribution < 1.29 is 8.42 Å². The maximum absolute atomic E-state index is 11.4. The van der Waals surface area contributed by atoms with Crippen LogP contribution in [-0.2, 0) is 9.84 Å². The van der Waals surface area contributed by atoms with E-state index in [1.807, 2.05) is 24.3 Å². The van der Waals surface area contributed by atoms with Gasteiger partial charge < -0.3 is 11.1 Å². The first-order valence-corrected chi connectivity index (χ1v) is 7.57. The van der Waals surface area contributed by atoms with Gasteiger partial charge in [0.1, 0.15) is 0 Å². The van der Waals surface area contributed by atoms with Crippen molar-refractivity contribution in [2.24, 2.45) is 0 Å². The van der Waals surface area contributed by atoms with Crippen LogP contribution in [0.15, 0.2) is 41.9 Å². The highest BCUT2D eigenvalue weighted by Crippen LogP contribution is 2.28. The minimum atomic E-state index is -3.07.